The monoisotopic (exact) mass is 599 g/mol. The van der Waals surface area contributed by atoms with Crippen molar-refractivity contribution in [3.63, 3.8) is 0 Å². The first-order chi connectivity index (χ1) is 22.0. The standard InChI is InChI=1S/C37H37N5O3/c1-26-32(35-41-39-25-45-35)34(31-17-10-9-12-28(31)24-38)33(27(2)40-26)36(43)44-23-11-20-42-21-18-37(19-22-42,29-13-5-3-6-14-29)30-15-7-4-8-16-30/h3-10,12-17,25,34,40H,11,18-23H2,1-2H3. The van der Waals surface area contributed by atoms with Crippen molar-refractivity contribution in [1.29, 1.82) is 5.26 Å². The number of esters is 1. The fourth-order valence-electron chi connectivity index (χ4n) is 6.95. The van der Waals surface area contributed by atoms with Crippen LogP contribution in [0.2, 0.25) is 0 Å². The first-order valence-electron chi connectivity index (χ1n) is 15.5. The Morgan fingerprint density at radius 2 is 1.62 bits per heavy atom. The van der Waals surface area contributed by atoms with Gasteiger partial charge >= 0.3 is 5.97 Å². The average molecular weight is 600 g/mol. The van der Waals surface area contributed by atoms with Crippen LogP contribution in [0.4, 0.5) is 0 Å². The summed E-state index contributed by atoms with van der Waals surface area (Å²) < 4.78 is 11.5. The second-order valence-corrected chi connectivity index (χ2v) is 11.7. The number of aromatic nitrogens is 2. The van der Waals surface area contributed by atoms with E-state index in [4.69, 9.17) is 9.15 Å². The van der Waals surface area contributed by atoms with Crippen LogP contribution in [-0.2, 0) is 14.9 Å². The van der Waals surface area contributed by atoms with Crippen molar-refractivity contribution < 1.29 is 13.9 Å². The second-order valence-electron chi connectivity index (χ2n) is 11.7. The Morgan fingerprint density at radius 3 is 2.24 bits per heavy atom. The molecule has 0 radical (unpaired) electrons. The van der Waals surface area contributed by atoms with E-state index in [1.54, 1.807) is 6.07 Å². The van der Waals surface area contributed by atoms with Gasteiger partial charge in [-0.2, -0.15) is 5.26 Å². The van der Waals surface area contributed by atoms with Gasteiger partial charge in [0.15, 0.2) is 0 Å². The fraction of sp³-hybridized carbons (Fsp3) is 0.297. The predicted octanol–water partition coefficient (Wildman–Crippen LogP) is 6.35. The minimum absolute atomic E-state index is 0.0000740. The van der Waals surface area contributed by atoms with Crippen LogP contribution in [0.25, 0.3) is 5.57 Å². The molecule has 0 bridgehead atoms. The second kappa shape index (κ2) is 13.3. The van der Waals surface area contributed by atoms with Gasteiger partial charge in [0.05, 0.1) is 29.7 Å². The normalized spacial score (nSPS) is 18.3. The van der Waals surface area contributed by atoms with Gasteiger partial charge in [-0.1, -0.05) is 78.9 Å². The largest absolute Gasteiger partial charge is 0.462 e. The average Bonchev–Trinajstić information content (AvgIpc) is 3.62. The van der Waals surface area contributed by atoms with Crippen molar-refractivity contribution in [3.8, 4) is 6.07 Å². The van der Waals surface area contributed by atoms with Crippen LogP contribution in [0.15, 0.2) is 113 Å². The van der Waals surface area contributed by atoms with Crippen molar-refractivity contribution in [2.45, 2.75) is 44.4 Å². The van der Waals surface area contributed by atoms with E-state index in [1.165, 1.54) is 17.5 Å². The molecule has 0 aliphatic carbocycles. The summed E-state index contributed by atoms with van der Waals surface area (Å²) in [5, 5.41) is 21.2. The Labute approximate surface area is 264 Å². The SMILES string of the molecule is CC1=C(C(=O)OCCCN2CCC(c3ccccc3)(c3ccccc3)CC2)C(c2ccccc2C#N)C(c2nnco2)=C(C)N1. The third-order valence-electron chi connectivity index (χ3n) is 9.18. The number of dihydropyridines is 1. The number of ether oxygens (including phenoxy) is 1. The maximum absolute atomic E-state index is 13.8. The summed E-state index contributed by atoms with van der Waals surface area (Å²) in [5.41, 5.74) is 6.43. The van der Waals surface area contributed by atoms with Crippen molar-refractivity contribution in [2.75, 3.05) is 26.2 Å². The van der Waals surface area contributed by atoms with Crippen LogP contribution in [0.5, 0.6) is 0 Å². The van der Waals surface area contributed by atoms with Crippen LogP contribution in [-0.4, -0.2) is 47.3 Å². The lowest BCUT2D eigenvalue weighted by Crippen LogP contribution is -2.43. The highest BCUT2D eigenvalue weighted by atomic mass is 16.5. The molecule has 6 rings (SSSR count). The van der Waals surface area contributed by atoms with Crippen LogP contribution < -0.4 is 5.32 Å². The highest BCUT2D eigenvalue weighted by Gasteiger charge is 2.39. The molecular weight excluding hydrogens is 562 g/mol. The van der Waals surface area contributed by atoms with E-state index in [0.717, 1.165) is 44.6 Å². The molecule has 0 amide bonds. The van der Waals surface area contributed by atoms with Crippen LogP contribution in [0, 0.1) is 11.3 Å². The lowest BCUT2D eigenvalue weighted by molar-refractivity contribution is -0.139. The van der Waals surface area contributed by atoms with Gasteiger partial charge in [0.25, 0.3) is 0 Å². The maximum Gasteiger partial charge on any atom is 0.336 e. The molecule has 1 unspecified atom stereocenters. The molecule has 2 aliphatic rings. The van der Waals surface area contributed by atoms with Gasteiger partial charge in [-0.05, 0) is 69.0 Å². The number of hydrogen-bond donors (Lipinski definition) is 1. The van der Waals surface area contributed by atoms with Crippen molar-refractivity contribution >= 4 is 11.5 Å². The molecule has 2 aliphatic heterocycles. The van der Waals surface area contributed by atoms with E-state index < -0.39 is 11.9 Å². The summed E-state index contributed by atoms with van der Waals surface area (Å²) in [6.07, 6.45) is 4.04. The summed E-state index contributed by atoms with van der Waals surface area (Å²) in [6, 6.07) is 31.2. The van der Waals surface area contributed by atoms with Crippen molar-refractivity contribution in [1.82, 2.24) is 20.4 Å². The summed E-state index contributed by atoms with van der Waals surface area (Å²) in [4.78, 5) is 16.2. The fourth-order valence-corrected chi connectivity index (χ4v) is 6.95. The van der Waals surface area contributed by atoms with E-state index in [1.807, 2.05) is 32.0 Å². The van der Waals surface area contributed by atoms with Gasteiger partial charge in [0.1, 0.15) is 0 Å². The number of likely N-dealkylation sites (tertiary alicyclic amines) is 1. The Balaban J connectivity index is 1.13. The molecule has 1 atom stereocenters. The highest BCUT2D eigenvalue weighted by Crippen LogP contribution is 2.44. The molecular formula is C37H37N5O3. The quantitative estimate of drug-likeness (QED) is 0.175. The zero-order valence-corrected chi connectivity index (χ0v) is 25.7. The molecule has 4 aromatic rings. The van der Waals surface area contributed by atoms with E-state index in [9.17, 15) is 10.1 Å². The van der Waals surface area contributed by atoms with Crippen LogP contribution in [0.1, 0.15) is 67.2 Å². The Hall–Kier alpha value is -5.00. The zero-order chi connectivity index (χ0) is 31.2. The number of nitrogens with one attached hydrogen (secondary N) is 1. The third kappa shape index (κ3) is 6.04. The zero-order valence-electron chi connectivity index (χ0n) is 25.7. The molecule has 228 valence electrons. The Kier molecular flexibility index (Phi) is 8.90. The van der Waals surface area contributed by atoms with E-state index in [2.05, 4.69) is 87.1 Å². The molecule has 1 aromatic heterocycles. The van der Waals surface area contributed by atoms with E-state index in [0.29, 0.717) is 40.5 Å². The smallest absolute Gasteiger partial charge is 0.336 e. The molecule has 8 heteroatoms. The van der Waals surface area contributed by atoms with E-state index in [-0.39, 0.29) is 5.41 Å². The topological polar surface area (TPSA) is 104 Å². The molecule has 1 fully saturated rings. The van der Waals surface area contributed by atoms with Crippen LogP contribution in [0.3, 0.4) is 0 Å². The molecule has 0 saturated carbocycles. The predicted molar refractivity (Wildman–Crippen MR) is 172 cm³/mol. The van der Waals surface area contributed by atoms with Gasteiger partial charge in [-0.15, -0.1) is 10.2 Å². The number of carbonyl (C=O) groups excluding carboxylic acids is 1. The third-order valence-corrected chi connectivity index (χ3v) is 9.18. The van der Waals surface area contributed by atoms with Gasteiger partial charge in [0.2, 0.25) is 12.3 Å². The number of rotatable bonds is 9. The minimum atomic E-state index is -0.596. The molecule has 1 N–H and O–H groups in total. The van der Waals surface area contributed by atoms with E-state index >= 15 is 0 Å². The summed E-state index contributed by atoms with van der Waals surface area (Å²) in [6.45, 7) is 6.82. The summed E-state index contributed by atoms with van der Waals surface area (Å²) in [7, 11) is 0. The minimum Gasteiger partial charge on any atom is -0.462 e. The lowest BCUT2D eigenvalue weighted by Gasteiger charge is -2.43. The molecule has 3 aromatic carbocycles. The number of nitrogens with zero attached hydrogens (tertiary/aromatic N) is 4. The van der Waals surface area contributed by atoms with Gasteiger partial charge in [-0.3, -0.25) is 0 Å². The highest BCUT2D eigenvalue weighted by molar-refractivity contribution is 5.97. The number of piperidine rings is 1. The van der Waals surface area contributed by atoms with Crippen molar-refractivity contribution in [3.05, 3.63) is 136 Å². The molecule has 0 spiro atoms. The number of nitriles is 1. The molecule has 3 heterocycles. The Morgan fingerprint density at radius 1 is 0.978 bits per heavy atom. The first-order valence-corrected chi connectivity index (χ1v) is 15.5. The first kappa shape index (κ1) is 30.0. The van der Waals surface area contributed by atoms with Crippen molar-refractivity contribution in [2.24, 2.45) is 0 Å². The number of allylic oxidation sites excluding steroid dienone is 3. The number of hydrogen-bond acceptors (Lipinski definition) is 8. The number of carbonyl (C=O) groups is 1. The summed E-state index contributed by atoms with van der Waals surface area (Å²) in [5.74, 6) is -0.725. The number of benzene rings is 3. The Bertz CT molecular complexity index is 1690. The van der Waals surface area contributed by atoms with Gasteiger partial charge < -0.3 is 19.4 Å². The molecule has 1 saturated heterocycles. The molecule has 45 heavy (non-hydrogen) atoms. The van der Waals surface area contributed by atoms with Gasteiger partial charge in [-0.25, -0.2) is 4.79 Å². The lowest BCUT2D eigenvalue weighted by atomic mass is 9.68. The molecule has 8 nitrogen and oxygen atoms in total. The van der Waals surface area contributed by atoms with Gasteiger partial charge in [0, 0.05) is 28.9 Å². The van der Waals surface area contributed by atoms with Crippen LogP contribution >= 0.6 is 0 Å². The summed E-state index contributed by atoms with van der Waals surface area (Å²) >= 11 is 0. The maximum atomic E-state index is 13.8.